The summed E-state index contributed by atoms with van der Waals surface area (Å²) in [5.74, 6) is -0.760. The van der Waals surface area contributed by atoms with Crippen LogP contribution in [0.25, 0.3) is 11.1 Å². The highest BCUT2D eigenvalue weighted by atomic mass is 35.5. The lowest BCUT2D eigenvalue weighted by atomic mass is 9.98. The minimum Gasteiger partial charge on any atom is -0.460 e. The summed E-state index contributed by atoms with van der Waals surface area (Å²) in [6, 6.07) is 15.3. The van der Waals surface area contributed by atoms with Crippen LogP contribution in [0, 0.1) is 5.82 Å². The number of carbonyl (C=O) groups is 3. The Morgan fingerprint density at radius 1 is 1.02 bits per heavy atom. The summed E-state index contributed by atoms with van der Waals surface area (Å²) in [4.78, 5) is 38.4. The maximum atomic E-state index is 14.8. The predicted molar refractivity (Wildman–Crippen MR) is 171 cm³/mol. The molecule has 0 radical (unpaired) electrons. The van der Waals surface area contributed by atoms with E-state index in [1.54, 1.807) is 44.2 Å². The third-order valence-electron chi connectivity index (χ3n) is 7.20. The van der Waals surface area contributed by atoms with E-state index in [-0.39, 0.29) is 18.2 Å². The number of benzene rings is 3. The van der Waals surface area contributed by atoms with Crippen molar-refractivity contribution >= 4 is 46.9 Å². The fourth-order valence-electron chi connectivity index (χ4n) is 4.85. The molecule has 230 valence electrons. The second-order valence-corrected chi connectivity index (χ2v) is 10.8. The van der Waals surface area contributed by atoms with Crippen molar-refractivity contribution in [3.63, 3.8) is 0 Å². The van der Waals surface area contributed by atoms with Crippen LogP contribution in [-0.4, -0.2) is 50.9 Å². The highest BCUT2D eigenvalue weighted by Gasteiger charge is 2.19. The zero-order valence-electron chi connectivity index (χ0n) is 25.1. The molecule has 0 bridgehead atoms. The van der Waals surface area contributed by atoms with Gasteiger partial charge in [0.05, 0.1) is 12.1 Å². The van der Waals surface area contributed by atoms with Crippen LogP contribution in [0.3, 0.4) is 0 Å². The third kappa shape index (κ3) is 9.71. The first-order valence-corrected chi connectivity index (χ1v) is 14.8. The van der Waals surface area contributed by atoms with Gasteiger partial charge >= 0.3 is 0 Å². The topological polar surface area (TPSA) is 99.8 Å². The predicted octanol–water partition coefficient (Wildman–Crippen LogP) is 7.05. The molecule has 0 fully saturated rings. The smallest absolute Gasteiger partial charge is 0.293 e. The average molecular weight is 611 g/mol. The molecule has 1 unspecified atom stereocenters. The van der Waals surface area contributed by atoms with Crippen LogP contribution < -0.4 is 16.0 Å². The molecule has 2 amide bonds. The number of nitrogens with zero attached hydrogens (tertiary/aromatic N) is 1. The van der Waals surface area contributed by atoms with E-state index in [2.05, 4.69) is 16.0 Å². The molecular formula is C33H40ClFN4O4. The van der Waals surface area contributed by atoms with E-state index in [0.717, 1.165) is 29.8 Å². The molecule has 43 heavy (non-hydrogen) atoms. The summed E-state index contributed by atoms with van der Waals surface area (Å²) in [6.07, 6.45) is 2.58. The molecule has 0 aliphatic carbocycles. The Morgan fingerprint density at radius 3 is 2.51 bits per heavy atom. The Kier molecular flexibility index (Phi) is 12.8. The Labute approximate surface area is 257 Å². The molecule has 8 nitrogen and oxygen atoms in total. The molecule has 3 rings (SSSR count). The number of hydrogen-bond acceptors (Lipinski definition) is 6. The van der Waals surface area contributed by atoms with Gasteiger partial charge in [0.15, 0.2) is 0 Å². The van der Waals surface area contributed by atoms with Crippen molar-refractivity contribution < 1.29 is 23.5 Å². The highest BCUT2D eigenvalue weighted by Crippen LogP contribution is 2.33. The second-order valence-electron chi connectivity index (χ2n) is 10.3. The van der Waals surface area contributed by atoms with Crippen LogP contribution >= 0.6 is 11.6 Å². The lowest BCUT2D eigenvalue weighted by Gasteiger charge is -2.22. The largest absolute Gasteiger partial charge is 0.460 e. The van der Waals surface area contributed by atoms with Crippen molar-refractivity contribution in [2.45, 2.75) is 51.6 Å². The van der Waals surface area contributed by atoms with Crippen molar-refractivity contribution in [2.75, 3.05) is 43.6 Å². The minimum absolute atomic E-state index is 0.000510. The van der Waals surface area contributed by atoms with Crippen molar-refractivity contribution in [1.29, 1.82) is 0 Å². The van der Waals surface area contributed by atoms with Gasteiger partial charge in [0, 0.05) is 61.6 Å². The Hall–Kier alpha value is -4.11. The first kappa shape index (κ1) is 33.4. The van der Waals surface area contributed by atoms with E-state index < -0.39 is 11.9 Å². The second kappa shape index (κ2) is 16.5. The van der Waals surface area contributed by atoms with Crippen molar-refractivity contribution in [2.24, 2.45) is 0 Å². The number of unbranched alkanes of at least 4 members (excludes halogenated alkanes) is 1. The molecule has 3 aromatic rings. The van der Waals surface area contributed by atoms with Gasteiger partial charge in [-0.05, 0) is 72.9 Å². The zero-order chi connectivity index (χ0) is 31.4. The molecule has 3 N–H and O–H groups in total. The van der Waals surface area contributed by atoms with Gasteiger partial charge in [0.25, 0.3) is 6.47 Å². The summed E-state index contributed by atoms with van der Waals surface area (Å²) >= 11 is 6.17. The molecule has 0 aromatic heterocycles. The number of amides is 2. The summed E-state index contributed by atoms with van der Waals surface area (Å²) in [6.45, 7) is 2.84. The number of carbonyl (C=O) groups excluding carboxylic acids is 3. The highest BCUT2D eigenvalue weighted by molar-refractivity contribution is 6.30. The van der Waals surface area contributed by atoms with Crippen molar-refractivity contribution in [3.05, 3.63) is 76.6 Å². The first-order chi connectivity index (χ1) is 20.7. The van der Waals surface area contributed by atoms with E-state index in [1.165, 1.54) is 12.1 Å². The molecule has 0 saturated heterocycles. The van der Waals surface area contributed by atoms with E-state index in [1.807, 2.05) is 31.2 Å². The van der Waals surface area contributed by atoms with E-state index in [9.17, 15) is 18.8 Å². The fraction of sp³-hybridized carbons (Fsp3) is 0.364. The number of hydrogen-bond donors (Lipinski definition) is 3. The van der Waals surface area contributed by atoms with Crippen LogP contribution in [0.1, 0.15) is 56.3 Å². The molecule has 0 aliphatic heterocycles. The Bertz CT molecular complexity index is 1420. The van der Waals surface area contributed by atoms with Crippen molar-refractivity contribution in [1.82, 2.24) is 4.90 Å². The lowest BCUT2D eigenvalue weighted by Crippen LogP contribution is -2.29. The molecule has 10 heteroatoms. The van der Waals surface area contributed by atoms with Crippen molar-refractivity contribution in [3.8, 4) is 11.1 Å². The zero-order valence-corrected chi connectivity index (χ0v) is 25.9. The number of anilines is 3. The SMILES string of the molecule is CCCCC(=O)Nc1cc(NC)ccc1-c1cc(F)cc(CC(=O)N(C)CCCC(OC=O)c2cc(Cl)ccc2NC)c1. The van der Waals surface area contributed by atoms with Gasteiger partial charge in [-0.2, -0.15) is 0 Å². The monoisotopic (exact) mass is 610 g/mol. The summed E-state index contributed by atoms with van der Waals surface area (Å²) in [7, 11) is 5.25. The van der Waals surface area contributed by atoms with Crippen LogP contribution in [0.4, 0.5) is 21.5 Å². The number of likely N-dealkylation sites (N-methyl/N-ethyl adjacent to an activating group) is 1. The molecule has 0 heterocycles. The first-order valence-electron chi connectivity index (χ1n) is 14.4. The van der Waals surface area contributed by atoms with Gasteiger partial charge in [-0.3, -0.25) is 14.4 Å². The Balaban J connectivity index is 1.71. The van der Waals surface area contributed by atoms with Gasteiger partial charge in [-0.15, -0.1) is 0 Å². The summed E-state index contributed by atoms with van der Waals surface area (Å²) in [5, 5.41) is 9.63. The van der Waals surface area contributed by atoms with Crippen LogP contribution in [0.15, 0.2) is 54.6 Å². The number of nitrogens with one attached hydrogen (secondary N) is 3. The standard InChI is InChI=1S/C33H40ClFN4O4/c1-5-6-9-32(41)38-30-20-26(36-2)11-12-27(30)23-15-22(16-25(35)18-23)17-33(42)39(4)14-7-8-31(43-21-40)28-19-24(34)10-13-29(28)37-3/h10-13,15-16,18-21,31,36-37H,5-9,14,17H2,1-4H3,(H,38,41). The number of halogens is 2. The average Bonchev–Trinajstić information content (AvgIpc) is 2.99. The number of rotatable bonds is 16. The number of ether oxygens (including phenoxy) is 1. The quantitative estimate of drug-likeness (QED) is 0.150. The fourth-order valence-corrected chi connectivity index (χ4v) is 5.03. The van der Waals surface area contributed by atoms with Gasteiger partial charge in [0.2, 0.25) is 11.8 Å². The van der Waals surface area contributed by atoms with Crippen LogP contribution in [0.5, 0.6) is 0 Å². The minimum atomic E-state index is -0.529. The molecule has 0 saturated carbocycles. The van der Waals surface area contributed by atoms with E-state index >= 15 is 0 Å². The summed E-state index contributed by atoms with van der Waals surface area (Å²) in [5.41, 5.74) is 4.68. The molecule has 3 aromatic carbocycles. The maximum absolute atomic E-state index is 14.8. The normalized spacial score (nSPS) is 11.4. The molecular weight excluding hydrogens is 571 g/mol. The Morgan fingerprint density at radius 2 is 1.81 bits per heavy atom. The maximum Gasteiger partial charge on any atom is 0.293 e. The summed E-state index contributed by atoms with van der Waals surface area (Å²) < 4.78 is 20.1. The van der Waals surface area contributed by atoms with Gasteiger partial charge < -0.3 is 25.6 Å². The lowest BCUT2D eigenvalue weighted by molar-refractivity contribution is -0.135. The molecule has 1 atom stereocenters. The van der Waals surface area contributed by atoms with E-state index in [4.69, 9.17) is 16.3 Å². The van der Waals surface area contributed by atoms with Crippen LogP contribution in [-0.2, 0) is 25.5 Å². The molecule has 0 spiro atoms. The van der Waals surface area contributed by atoms with Gasteiger partial charge in [-0.25, -0.2) is 4.39 Å². The van der Waals surface area contributed by atoms with Gasteiger partial charge in [0.1, 0.15) is 11.9 Å². The third-order valence-corrected chi connectivity index (χ3v) is 7.43. The van der Waals surface area contributed by atoms with E-state index in [0.29, 0.717) is 59.7 Å². The van der Waals surface area contributed by atoms with Crippen LogP contribution in [0.2, 0.25) is 5.02 Å². The molecule has 0 aliphatic rings. The van der Waals surface area contributed by atoms with Gasteiger partial charge in [-0.1, -0.05) is 37.1 Å².